The summed E-state index contributed by atoms with van der Waals surface area (Å²) < 4.78 is 0.934. The van der Waals surface area contributed by atoms with E-state index in [1.54, 1.807) is 0 Å². The van der Waals surface area contributed by atoms with E-state index in [1.807, 2.05) is 48.5 Å². The standard InChI is InChI=1S/C13H9BrCl2/c14-12-8-10(15)6-7-11(12)13(16)9-4-2-1-3-5-9/h1-8,13H. The Morgan fingerprint density at radius 3 is 2.31 bits per heavy atom. The van der Waals surface area contributed by atoms with Gasteiger partial charge in [0, 0.05) is 9.50 Å². The smallest absolute Gasteiger partial charge is 0.0846 e. The first kappa shape index (κ1) is 12.0. The Hall–Kier alpha value is -0.500. The molecular formula is C13H9BrCl2. The van der Waals surface area contributed by atoms with Crippen molar-refractivity contribution >= 4 is 39.1 Å². The summed E-state index contributed by atoms with van der Waals surface area (Å²) >= 11 is 15.8. The number of hydrogen-bond donors (Lipinski definition) is 0. The summed E-state index contributed by atoms with van der Waals surface area (Å²) in [4.78, 5) is 0. The van der Waals surface area contributed by atoms with Gasteiger partial charge in [0.05, 0.1) is 5.38 Å². The van der Waals surface area contributed by atoms with Gasteiger partial charge in [-0.25, -0.2) is 0 Å². The van der Waals surface area contributed by atoms with Crippen LogP contribution in [0.1, 0.15) is 16.5 Å². The Bertz CT molecular complexity index is 483. The summed E-state index contributed by atoms with van der Waals surface area (Å²) in [7, 11) is 0. The number of halogens is 3. The predicted octanol–water partition coefficient (Wildman–Crippen LogP) is 5.43. The fraction of sp³-hybridized carbons (Fsp3) is 0.0769. The maximum Gasteiger partial charge on any atom is 0.0846 e. The first-order valence-electron chi connectivity index (χ1n) is 4.82. The molecule has 0 aliphatic rings. The number of benzene rings is 2. The fourth-order valence-electron chi connectivity index (χ4n) is 1.51. The molecule has 3 heteroatoms. The SMILES string of the molecule is Clc1ccc(C(Cl)c2ccccc2)c(Br)c1. The van der Waals surface area contributed by atoms with Gasteiger partial charge in [-0.1, -0.05) is 63.9 Å². The van der Waals surface area contributed by atoms with Crippen LogP contribution in [0.15, 0.2) is 53.0 Å². The average molecular weight is 316 g/mol. The zero-order chi connectivity index (χ0) is 11.5. The molecule has 0 aromatic heterocycles. The van der Waals surface area contributed by atoms with Crippen LogP contribution in [0, 0.1) is 0 Å². The van der Waals surface area contributed by atoms with Gasteiger partial charge in [-0.3, -0.25) is 0 Å². The normalized spacial score (nSPS) is 12.4. The van der Waals surface area contributed by atoms with Crippen LogP contribution in [-0.4, -0.2) is 0 Å². The highest BCUT2D eigenvalue weighted by Crippen LogP contribution is 2.34. The van der Waals surface area contributed by atoms with E-state index in [2.05, 4.69) is 15.9 Å². The van der Waals surface area contributed by atoms with Gasteiger partial charge >= 0.3 is 0 Å². The second-order valence-electron chi connectivity index (χ2n) is 3.44. The van der Waals surface area contributed by atoms with Gasteiger partial charge in [-0.15, -0.1) is 11.6 Å². The van der Waals surface area contributed by atoms with E-state index >= 15 is 0 Å². The molecule has 2 rings (SSSR count). The van der Waals surface area contributed by atoms with Gasteiger partial charge in [0.1, 0.15) is 0 Å². The van der Waals surface area contributed by atoms with Crippen molar-refractivity contribution in [2.45, 2.75) is 5.38 Å². The molecule has 2 aromatic carbocycles. The second kappa shape index (κ2) is 5.22. The Labute approximate surface area is 113 Å². The van der Waals surface area contributed by atoms with Crippen LogP contribution in [0.3, 0.4) is 0 Å². The minimum atomic E-state index is -0.159. The lowest BCUT2D eigenvalue weighted by molar-refractivity contribution is 1.13. The van der Waals surface area contributed by atoms with Crippen LogP contribution in [0.4, 0.5) is 0 Å². The predicted molar refractivity (Wildman–Crippen MR) is 73.3 cm³/mol. The molecule has 0 saturated carbocycles. The minimum absolute atomic E-state index is 0.159. The maximum atomic E-state index is 6.42. The van der Waals surface area contributed by atoms with Gasteiger partial charge < -0.3 is 0 Å². The van der Waals surface area contributed by atoms with Crippen LogP contribution < -0.4 is 0 Å². The lowest BCUT2D eigenvalue weighted by Crippen LogP contribution is -1.93. The van der Waals surface area contributed by atoms with Crippen molar-refractivity contribution in [3.63, 3.8) is 0 Å². The van der Waals surface area contributed by atoms with Crippen LogP contribution in [0.25, 0.3) is 0 Å². The van der Waals surface area contributed by atoms with Crippen molar-refractivity contribution in [2.24, 2.45) is 0 Å². The lowest BCUT2D eigenvalue weighted by Gasteiger charge is -2.12. The van der Waals surface area contributed by atoms with E-state index in [4.69, 9.17) is 23.2 Å². The van der Waals surface area contributed by atoms with Crippen molar-refractivity contribution in [3.8, 4) is 0 Å². The molecule has 1 atom stereocenters. The quantitative estimate of drug-likeness (QED) is 0.648. The van der Waals surface area contributed by atoms with Crippen molar-refractivity contribution in [2.75, 3.05) is 0 Å². The molecule has 0 spiro atoms. The van der Waals surface area contributed by atoms with Crippen LogP contribution in [0.5, 0.6) is 0 Å². The number of hydrogen-bond acceptors (Lipinski definition) is 0. The van der Waals surface area contributed by atoms with Gasteiger partial charge in [-0.05, 0) is 23.3 Å². The first-order chi connectivity index (χ1) is 7.68. The molecule has 2 aromatic rings. The molecule has 0 fully saturated rings. The van der Waals surface area contributed by atoms with Crippen LogP contribution >= 0.6 is 39.1 Å². The molecule has 0 amide bonds. The largest absolute Gasteiger partial charge is 0.113 e. The Morgan fingerprint density at radius 1 is 1.00 bits per heavy atom. The Kier molecular flexibility index (Phi) is 3.91. The topological polar surface area (TPSA) is 0 Å². The lowest BCUT2D eigenvalue weighted by atomic mass is 10.0. The van der Waals surface area contributed by atoms with Gasteiger partial charge in [0.25, 0.3) is 0 Å². The van der Waals surface area contributed by atoms with Crippen molar-refractivity contribution in [3.05, 3.63) is 69.2 Å². The third-order valence-corrected chi connectivity index (χ3v) is 3.74. The summed E-state index contributed by atoms with van der Waals surface area (Å²) in [6, 6.07) is 15.6. The highest BCUT2D eigenvalue weighted by Gasteiger charge is 2.13. The summed E-state index contributed by atoms with van der Waals surface area (Å²) in [6.07, 6.45) is 0. The van der Waals surface area contributed by atoms with Gasteiger partial charge in [0.2, 0.25) is 0 Å². The van der Waals surface area contributed by atoms with E-state index in [0.717, 1.165) is 15.6 Å². The van der Waals surface area contributed by atoms with E-state index in [0.29, 0.717) is 5.02 Å². The molecule has 0 aliphatic carbocycles. The summed E-state index contributed by atoms with van der Waals surface area (Å²) in [6.45, 7) is 0. The van der Waals surface area contributed by atoms with Gasteiger partial charge in [-0.2, -0.15) is 0 Å². The molecule has 0 saturated heterocycles. The molecule has 0 N–H and O–H groups in total. The molecule has 1 unspecified atom stereocenters. The maximum absolute atomic E-state index is 6.42. The van der Waals surface area contributed by atoms with Crippen LogP contribution in [0.2, 0.25) is 5.02 Å². The Morgan fingerprint density at radius 2 is 1.69 bits per heavy atom. The van der Waals surface area contributed by atoms with E-state index in [1.165, 1.54) is 0 Å². The van der Waals surface area contributed by atoms with Crippen molar-refractivity contribution < 1.29 is 0 Å². The first-order valence-corrected chi connectivity index (χ1v) is 6.43. The summed E-state index contributed by atoms with van der Waals surface area (Å²) in [5, 5.41) is 0.542. The number of rotatable bonds is 2. The summed E-state index contributed by atoms with van der Waals surface area (Å²) in [5.74, 6) is 0. The molecule has 0 radical (unpaired) electrons. The number of alkyl halides is 1. The van der Waals surface area contributed by atoms with Gasteiger partial charge in [0.15, 0.2) is 0 Å². The molecular weight excluding hydrogens is 307 g/mol. The van der Waals surface area contributed by atoms with Crippen molar-refractivity contribution in [1.82, 2.24) is 0 Å². The molecule has 0 aliphatic heterocycles. The molecule has 16 heavy (non-hydrogen) atoms. The zero-order valence-corrected chi connectivity index (χ0v) is 11.4. The van der Waals surface area contributed by atoms with Crippen LogP contribution in [-0.2, 0) is 0 Å². The zero-order valence-electron chi connectivity index (χ0n) is 8.33. The second-order valence-corrected chi connectivity index (χ2v) is 5.17. The highest BCUT2D eigenvalue weighted by atomic mass is 79.9. The molecule has 82 valence electrons. The van der Waals surface area contributed by atoms with Crippen molar-refractivity contribution in [1.29, 1.82) is 0 Å². The third-order valence-electron chi connectivity index (χ3n) is 2.33. The van der Waals surface area contributed by atoms with E-state index in [-0.39, 0.29) is 5.38 Å². The monoisotopic (exact) mass is 314 g/mol. The highest BCUT2D eigenvalue weighted by molar-refractivity contribution is 9.10. The van der Waals surface area contributed by atoms with E-state index in [9.17, 15) is 0 Å². The van der Waals surface area contributed by atoms with E-state index < -0.39 is 0 Å². The average Bonchev–Trinajstić information content (AvgIpc) is 2.29. The minimum Gasteiger partial charge on any atom is -0.113 e. The summed E-state index contributed by atoms with van der Waals surface area (Å²) in [5.41, 5.74) is 2.10. The third kappa shape index (κ3) is 2.60. The Balaban J connectivity index is 2.38. The molecule has 0 bridgehead atoms. The fourth-order valence-corrected chi connectivity index (χ4v) is 2.89. The molecule has 0 heterocycles. The molecule has 0 nitrogen and oxygen atoms in total.